The Morgan fingerprint density at radius 2 is 2.09 bits per heavy atom. The van der Waals surface area contributed by atoms with Gasteiger partial charge in [-0.3, -0.25) is 4.79 Å². The van der Waals surface area contributed by atoms with Gasteiger partial charge in [-0.05, 0) is 43.9 Å². The second-order valence-electron chi connectivity index (χ2n) is 6.41. The maximum absolute atomic E-state index is 12.4. The Kier molecular flexibility index (Phi) is 5.39. The smallest absolute Gasteiger partial charge is 0.236 e. The third kappa shape index (κ3) is 4.61. The van der Waals surface area contributed by atoms with Crippen molar-refractivity contribution >= 4 is 5.91 Å². The molecule has 0 aromatic heterocycles. The molecule has 1 heterocycles. The molecule has 126 valence electrons. The zero-order valence-electron chi connectivity index (χ0n) is 13.8. The van der Waals surface area contributed by atoms with Gasteiger partial charge in [-0.1, -0.05) is 19.1 Å². The van der Waals surface area contributed by atoms with E-state index in [-0.39, 0.29) is 12.0 Å². The number of carbonyl (C=O) groups is 1. The Balaban J connectivity index is 1.51. The monoisotopic (exact) mass is 318 g/mol. The van der Waals surface area contributed by atoms with Crippen LogP contribution < -0.4 is 14.8 Å². The van der Waals surface area contributed by atoms with Crippen LogP contribution in [0.1, 0.15) is 26.2 Å². The maximum Gasteiger partial charge on any atom is 0.236 e. The van der Waals surface area contributed by atoms with Gasteiger partial charge >= 0.3 is 0 Å². The molecule has 3 rings (SSSR count). The van der Waals surface area contributed by atoms with Gasteiger partial charge in [0.2, 0.25) is 5.91 Å². The lowest BCUT2D eigenvalue weighted by Gasteiger charge is -2.31. The molecule has 2 aliphatic rings. The summed E-state index contributed by atoms with van der Waals surface area (Å²) in [5, 5.41) is 3.28. The first-order valence-electron chi connectivity index (χ1n) is 8.63. The van der Waals surface area contributed by atoms with E-state index in [0.29, 0.717) is 19.7 Å². The lowest BCUT2D eigenvalue weighted by atomic mass is 10.2. The number of fused-ring (bicyclic) bond motifs is 1. The van der Waals surface area contributed by atoms with Crippen molar-refractivity contribution in [2.45, 2.75) is 32.3 Å². The predicted octanol–water partition coefficient (Wildman–Crippen LogP) is 2.06. The highest BCUT2D eigenvalue weighted by atomic mass is 16.6. The molecule has 5 nitrogen and oxygen atoms in total. The molecule has 1 saturated carbocycles. The number of amides is 1. The minimum atomic E-state index is -0.108. The third-order valence-corrected chi connectivity index (χ3v) is 4.24. The molecule has 1 atom stereocenters. The Morgan fingerprint density at radius 1 is 1.30 bits per heavy atom. The Hall–Kier alpha value is -1.75. The number of hydrogen-bond acceptors (Lipinski definition) is 4. The van der Waals surface area contributed by atoms with Crippen molar-refractivity contribution in [3.05, 3.63) is 24.3 Å². The number of para-hydroxylation sites is 2. The zero-order valence-corrected chi connectivity index (χ0v) is 13.8. The van der Waals surface area contributed by atoms with Crippen molar-refractivity contribution < 1.29 is 14.3 Å². The van der Waals surface area contributed by atoms with Crippen LogP contribution in [0.5, 0.6) is 11.5 Å². The summed E-state index contributed by atoms with van der Waals surface area (Å²) in [6, 6.07) is 7.68. The van der Waals surface area contributed by atoms with Gasteiger partial charge in [-0.2, -0.15) is 0 Å². The molecule has 0 spiro atoms. The van der Waals surface area contributed by atoms with Crippen LogP contribution in [0.3, 0.4) is 0 Å². The van der Waals surface area contributed by atoms with Crippen molar-refractivity contribution in [3.63, 3.8) is 0 Å². The van der Waals surface area contributed by atoms with Crippen LogP contribution in [-0.4, -0.2) is 49.7 Å². The molecule has 23 heavy (non-hydrogen) atoms. The molecule has 0 saturated heterocycles. The molecule has 1 aromatic rings. The van der Waals surface area contributed by atoms with Gasteiger partial charge in [-0.25, -0.2) is 0 Å². The number of benzene rings is 1. The number of rotatable bonds is 8. The van der Waals surface area contributed by atoms with Crippen LogP contribution in [0.4, 0.5) is 0 Å². The summed E-state index contributed by atoms with van der Waals surface area (Å²) in [6.45, 7) is 5.28. The van der Waals surface area contributed by atoms with Crippen LogP contribution in [0.15, 0.2) is 24.3 Å². The molecular formula is C18H26N2O3. The summed E-state index contributed by atoms with van der Waals surface area (Å²) in [5.74, 6) is 2.48. The largest absolute Gasteiger partial charge is 0.486 e. The highest BCUT2D eigenvalue weighted by Gasteiger charge is 2.25. The molecule has 1 aliphatic carbocycles. The predicted molar refractivity (Wildman–Crippen MR) is 88.8 cm³/mol. The normalized spacial score (nSPS) is 19.4. The van der Waals surface area contributed by atoms with E-state index in [0.717, 1.165) is 36.9 Å². The minimum absolute atomic E-state index is 0.108. The summed E-state index contributed by atoms with van der Waals surface area (Å²) >= 11 is 0. The molecule has 1 N–H and O–H groups in total. The molecule has 1 unspecified atom stereocenters. The third-order valence-electron chi connectivity index (χ3n) is 4.24. The topological polar surface area (TPSA) is 50.8 Å². The van der Waals surface area contributed by atoms with Crippen LogP contribution in [0, 0.1) is 5.92 Å². The zero-order chi connectivity index (χ0) is 16.1. The second kappa shape index (κ2) is 7.68. The SMILES string of the molecule is CCCN(CC1COc2ccccc2O1)C(=O)CNCC1CC1. The van der Waals surface area contributed by atoms with Gasteiger partial charge in [0.05, 0.1) is 13.1 Å². The van der Waals surface area contributed by atoms with Crippen LogP contribution in [-0.2, 0) is 4.79 Å². The number of nitrogens with one attached hydrogen (secondary N) is 1. The van der Waals surface area contributed by atoms with Crippen molar-refractivity contribution in [3.8, 4) is 11.5 Å². The Bertz CT molecular complexity index is 531. The molecule has 1 aromatic carbocycles. The van der Waals surface area contributed by atoms with Gasteiger partial charge in [0.15, 0.2) is 17.6 Å². The first kappa shape index (κ1) is 16.1. The highest BCUT2D eigenvalue weighted by molar-refractivity contribution is 5.78. The molecule has 0 bridgehead atoms. The second-order valence-corrected chi connectivity index (χ2v) is 6.41. The minimum Gasteiger partial charge on any atom is -0.486 e. The van der Waals surface area contributed by atoms with Crippen LogP contribution in [0.2, 0.25) is 0 Å². The molecular weight excluding hydrogens is 292 g/mol. The van der Waals surface area contributed by atoms with E-state index in [2.05, 4.69) is 12.2 Å². The average molecular weight is 318 g/mol. The van der Waals surface area contributed by atoms with E-state index in [1.807, 2.05) is 29.2 Å². The maximum atomic E-state index is 12.4. The van der Waals surface area contributed by atoms with Crippen molar-refractivity contribution in [1.82, 2.24) is 10.2 Å². The van der Waals surface area contributed by atoms with E-state index in [9.17, 15) is 4.79 Å². The average Bonchev–Trinajstić information content (AvgIpc) is 3.38. The fraction of sp³-hybridized carbons (Fsp3) is 0.611. The van der Waals surface area contributed by atoms with E-state index in [1.54, 1.807) is 0 Å². The standard InChI is InChI=1S/C18H26N2O3/c1-2-9-20(18(21)11-19-10-14-7-8-14)12-15-13-22-16-5-3-4-6-17(16)23-15/h3-6,14-15,19H,2,7-13H2,1H3. The van der Waals surface area contributed by atoms with E-state index in [1.165, 1.54) is 12.8 Å². The number of ether oxygens (including phenoxy) is 2. The number of nitrogens with zero attached hydrogens (tertiary/aromatic N) is 1. The summed E-state index contributed by atoms with van der Waals surface area (Å²) in [4.78, 5) is 14.3. The fourth-order valence-electron chi connectivity index (χ4n) is 2.80. The fourth-order valence-corrected chi connectivity index (χ4v) is 2.80. The van der Waals surface area contributed by atoms with Crippen LogP contribution in [0.25, 0.3) is 0 Å². The summed E-state index contributed by atoms with van der Waals surface area (Å²) in [5.41, 5.74) is 0. The van der Waals surface area contributed by atoms with Gasteiger partial charge < -0.3 is 19.7 Å². The first-order chi connectivity index (χ1) is 11.3. The molecule has 0 radical (unpaired) electrons. The van der Waals surface area contributed by atoms with Crippen molar-refractivity contribution in [2.24, 2.45) is 5.92 Å². The van der Waals surface area contributed by atoms with E-state index >= 15 is 0 Å². The molecule has 1 aliphatic heterocycles. The quantitative estimate of drug-likeness (QED) is 0.797. The molecule has 1 fully saturated rings. The Morgan fingerprint density at radius 3 is 2.83 bits per heavy atom. The summed E-state index contributed by atoms with van der Waals surface area (Å²) in [7, 11) is 0. The van der Waals surface area contributed by atoms with Gasteiger partial charge in [-0.15, -0.1) is 0 Å². The number of hydrogen-bond donors (Lipinski definition) is 1. The molecule has 5 heteroatoms. The highest BCUT2D eigenvalue weighted by Crippen LogP contribution is 2.31. The lowest BCUT2D eigenvalue weighted by Crippen LogP contribution is -2.46. The molecule has 1 amide bonds. The van der Waals surface area contributed by atoms with Crippen molar-refractivity contribution in [1.29, 1.82) is 0 Å². The van der Waals surface area contributed by atoms with Gasteiger partial charge in [0.1, 0.15) is 6.61 Å². The first-order valence-corrected chi connectivity index (χ1v) is 8.63. The lowest BCUT2D eigenvalue weighted by molar-refractivity contribution is -0.131. The summed E-state index contributed by atoms with van der Waals surface area (Å²) in [6.07, 6.45) is 3.43. The van der Waals surface area contributed by atoms with Gasteiger partial charge in [0, 0.05) is 6.54 Å². The summed E-state index contributed by atoms with van der Waals surface area (Å²) < 4.78 is 11.7. The number of carbonyl (C=O) groups excluding carboxylic acids is 1. The van der Waals surface area contributed by atoms with E-state index < -0.39 is 0 Å². The van der Waals surface area contributed by atoms with Crippen LogP contribution >= 0.6 is 0 Å². The Labute approximate surface area is 137 Å². The van der Waals surface area contributed by atoms with Crippen molar-refractivity contribution in [2.75, 3.05) is 32.8 Å². The van der Waals surface area contributed by atoms with Gasteiger partial charge in [0.25, 0.3) is 0 Å². The van der Waals surface area contributed by atoms with E-state index in [4.69, 9.17) is 9.47 Å².